The van der Waals surface area contributed by atoms with Crippen LogP contribution in [0.3, 0.4) is 0 Å². The molecule has 1 saturated heterocycles. The van der Waals surface area contributed by atoms with Gasteiger partial charge in [-0.25, -0.2) is 9.97 Å². The summed E-state index contributed by atoms with van der Waals surface area (Å²) in [6, 6.07) is 13.8. The molecule has 0 N–H and O–H groups in total. The Hall–Kier alpha value is -2.78. The van der Waals surface area contributed by atoms with Gasteiger partial charge in [0.25, 0.3) is 0 Å². The minimum atomic E-state index is 0.163. The molecule has 3 aromatic heterocycles. The van der Waals surface area contributed by atoms with E-state index in [1.165, 1.54) is 11.8 Å². The van der Waals surface area contributed by atoms with Crippen LogP contribution >= 0.6 is 23.1 Å². The second kappa shape index (κ2) is 7.33. The highest BCUT2D eigenvalue weighted by Crippen LogP contribution is 2.34. The molecule has 0 atom stereocenters. The average Bonchev–Trinajstić information content (AvgIpc) is 3.42. The number of amides is 1. The lowest BCUT2D eigenvalue weighted by Crippen LogP contribution is -2.25. The summed E-state index contributed by atoms with van der Waals surface area (Å²) in [5.41, 5.74) is 0.974. The van der Waals surface area contributed by atoms with E-state index in [2.05, 4.69) is 26.2 Å². The SMILES string of the molecule is O=C1CCCN1Cc1nnc(Sc2nc3ccccc3s2)n1-c1ccccn1. The van der Waals surface area contributed by atoms with Crippen molar-refractivity contribution < 1.29 is 4.79 Å². The number of carbonyl (C=O) groups is 1. The number of rotatable bonds is 5. The van der Waals surface area contributed by atoms with Crippen molar-refractivity contribution in [2.75, 3.05) is 6.54 Å². The van der Waals surface area contributed by atoms with Crippen molar-refractivity contribution in [1.29, 1.82) is 0 Å². The number of hydrogen-bond acceptors (Lipinski definition) is 7. The Morgan fingerprint density at radius 3 is 2.79 bits per heavy atom. The third-order valence-corrected chi connectivity index (χ3v) is 6.58. The number of pyridine rings is 1. The summed E-state index contributed by atoms with van der Waals surface area (Å²) in [5, 5.41) is 9.46. The number of benzene rings is 1. The van der Waals surface area contributed by atoms with Gasteiger partial charge < -0.3 is 4.90 Å². The first kappa shape index (κ1) is 17.3. The van der Waals surface area contributed by atoms with Crippen molar-refractivity contribution in [3.8, 4) is 5.82 Å². The molecule has 0 saturated carbocycles. The lowest BCUT2D eigenvalue weighted by molar-refractivity contribution is -0.128. The number of aromatic nitrogens is 5. The normalized spacial score (nSPS) is 14.3. The molecule has 0 radical (unpaired) electrons. The second-order valence-corrected chi connectivity index (χ2v) is 8.64. The number of fused-ring (bicyclic) bond motifs is 1. The van der Waals surface area contributed by atoms with Crippen molar-refractivity contribution in [2.24, 2.45) is 0 Å². The standard InChI is InChI=1S/C19H16N6OS2/c26-17-9-5-11-24(17)12-16-22-23-18(25(16)15-8-3-4-10-20-15)28-19-21-13-6-1-2-7-14(13)27-19/h1-4,6-8,10H,5,9,11-12H2. The van der Waals surface area contributed by atoms with Crippen molar-refractivity contribution in [2.45, 2.75) is 28.9 Å². The van der Waals surface area contributed by atoms with Crippen LogP contribution in [0.4, 0.5) is 0 Å². The molecule has 1 aliphatic rings. The maximum atomic E-state index is 12.1. The zero-order valence-electron chi connectivity index (χ0n) is 14.9. The van der Waals surface area contributed by atoms with E-state index in [-0.39, 0.29) is 5.91 Å². The van der Waals surface area contributed by atoms with Crippen LogP contribution in [0.25, 0.3) is 16.0 Å². The Morgan fingerprint density at radius 1 is 1.11 bits per heavy atom. The van der Waals surface area contributed by atoms with Crippen molar-refractivity contribution in [3.63, 3.8) is 0 Å². The molecule has 4 aromatic rings. The molecule has 5 rings (SSSR count). The van der Waals surface area contributed by atoms with Crippen LogP contribution in [0.15, 0.2) is 58.2 Å². The van der Waals surface area contributed by atoms with Gasteiger partial charge in [0.05, 0.1) is 16.8 Å². The van der Waals surface area contributed by atoms with Crippen molar-refractivity contribution in [3.05, 3.63) is 54.5 Å². The summed E-state index contributed by atoms with van der Waals surface area (Å²) in [7, 11) is 0. The molecular weight excluding hydrogens is 392 g/mol. The molecule has 0 bridgehead atoms. The van der Waals surface area contributed by atoms with Crippen LogP contribution < -0.4 is 0 Å². The summed E-state index contributed by atoms with van der Waals surface area (Å²) in [5.74, 6) is 1.60. The van der Waals surface area contributed by atoms with E-state index >= 15 is 0 Å². The van der Waals surface area contributed by atoms with Gasteiger partial charge in [-0.2, -0.15) is 0 Å². The van der Waals surface area contributed by atoms with Crippen LogP contribution in [0.1, 0.15) is 18.7 Å². The molecule has 7 nitrogen and oxygen atoms in total. The molecule has 4 heterocycles. The minimum absolute atomic E-state index is 0.163. The Balaban J connectivity index is 1.52. The molecule has 28 heavy (non-hydrogen) atoms. The number of nitrogens with zero attached hydrogens (tertiary/aromatic N) is 6. The zero-order chi connectivity index (χ0) is 18.9. The Bertz CT molecular complexity index is 1110. The van der Waals surface area contributed by atoms with E-state index in [1.54, 1.807) is 17.5 Å². The Kier molecular flexibility index (Phi) is 4.53. The fourth-order valence-corrected chi connectivity index (χ4v) is 5.23. The van der Waals surface area contributed by atoms with Gasteiger partial charge in [0.2, 0.25) is 11.1 Å². The Labute approximate surface area is 169 Å². The summed E-state index contributed by atoms with van der Waals surface area (Å²) < 4.78 is 3.95. The number of para-hydroxylation sites is 1. The van der Waals surface area contributed by atoms with Crippen LogP contribution in [-0.2, 0) is 11.3 Å². The molecule has 1 aromatic carbocycles. The molecule has 0 spiro atoms. The highest BCUT2D eigenvalue weighted by molar-refractivity contribution is 8.01. The first-order valence-corrected chi connectivity index (χ1v) is 10.6. The molecule has 0 aliphatic carbocycles. The van der Waals surface area contributed by atoms with Gasteiger partial charge >= 0.3 is 0 Å². The predicted molar refractivity (Wildman–Crippen MR) is 108 cm³/mol. The van der Waals surface area contributed by atoms with Crippen LogP contribution in [0, 0.1) is 0 Å². The number of hydrogen-bond donors (Lipinski definition) is 0. The maximum absolute atomic E-state index is 12.1. The monoisotopic (exact) mass is 408 g/mol. The zero-order valence-corrected chi connectivity index (χ0v) is 16.5. The quantitative estimate of drug-likeness (QED) is 0.503. The van der Waals surface area contributed by atoms with E-state index in [0.29, 0.717) is 23.9 Å². The highest BCUT2D eigenvalue weighted by Gasteiger charge is 2.25. The summed E-state index contributed by atoms with van der Waals surface area (Å²) >= 11 is 3.09. The first-order chi connectivity index (χ1) is 13.8. The van der Waals surface area contributed by atoms with Crippen LogP contribution in [-0.4, -0.2) is 42.1 Å². The van der Waals surface area contributed by atoms with E-state index in [0.717, 1.165) is 33.3 Å². The summed E-state index contributed by atoms with van der Waals surface area (Å²) in [6.45, 7) is 1.19. The van der Waals surface area contributed by atoms with Crippen molar-refractivity contribution >= 4 is 39.2 Å². The molecular formula is C19H16N6OS2. The molecule has 1 fully saturated rings. The molecule has 140 valence electrons. The lowest BCUT2D eigenvalue weighted by Gasteiger charge is -2.15. The average molecular weight is 409 g/mol. The van der Waals surface area contributed by atoms with Gasteiger partial charge in [-0.3, -0.25) is 9.36 Å². The maximum Gasteiger partial charge on any atom is 0.223 e. The minimum Gasteiger partial charge on any atom is -0.335 e. The van der Waals surface area contributed by atoms with E-state index in [9.17, 15) is 4.79 Å². The molecule has 1 aliphatic heterocycles. The fourth-order valence-electron chi connectivity index (χ4n) is 3.20. The number of carbonyl (C=O) groups excluding carboxylic acids is 1. The fraction of sp³-hybridized carbons (Fsp3) is 0.211. The lowest BCUT2D eigenvalue weighted by atomic mass is 10.3. The van der Waals surface area contributed by atoms with Crippen molar-refractivity contribution in [1.82, 2.24) is 29.6 Å². The third-order valence-electron chi connectivity index (χ3n) is 4.54. The first-order valence-electron chi connectivity index (χ1n) is 8.95. The van der Waals surface area contributed by atoms with Gasteiger partial charge in [-0.05, 0) is 42.4 Å². The van der Waals surface area contributed by atoms with Gasteiger partial charge in [0, 0.05) is 19.2 Å². The topological polar surface area (TPSA) is 76.8 Å². The van der Waals surface area contributed by atoms with Gasteiger partial charge in [0.1, 0.15) is 5.82 Å². The third kappa shape index (κ3) is 3.27. The second-order valence-electron chi connectivity index (χ2n) is 6.39. The molecule has 9 heteroatoms. The smallest absolute Gasteiger partial charge is 0.223 e. The van der Waals surface area contributed by atoms with Gasteiger partial charge in [-0.1, -0.05) is 18.2 Å². The van der Waals surface area contributed by atoms with E-state index < -0.39 is 0 Å². The van der Waals surface area contributed by atoms with Gasteiger partial charge in [0.15, 0.2) is 10.2 Å². The summed E-state index contributed by atoms with van der Waals surface area (Å²) in [4.78, 5) is 23.0. The van der Waals surface area contributed by atoms with E-state index in [1.807, 2.05) is 45.9 Å². The number of thiazole rings is 1. The predicted octanol–water partition coefficient (Wildman–Crippen LogP) is 3.55. The Morgan fingerprint density at radius 2 is 2.00 bits per heavy atom. The van der Waals surface area contributed by atoms with Gasteiger partial charge in [-0.15, -0.1) is 21.5 Å². The van der Waals surface area contributed by atoms with Crippen LogP contribution in [0.5, 0.6) is 0 Å². The summed E-state index contributed by atoms with van der Waals surface area (Å²) in [6.07, 6.45) is 3.24. The van der Waals surface area contributed by atoms with E-state index in [4.69, 9.17) is 0 Å². The highest BCUT2D eigenvalue weighted by atomic mass is 32.2. The molecule has 1 amide bonds. The number of likely N-dealkylation sites (tertiary alicyclic amines) is 1. The van der Waals surface area contributed by atoms with Crippen LogP contribution in [0.2, 0.25) is 0 Å². The largest absolute Gasteiger partial charge is 0.335 e. The molecule has 0 unspecified atom stereocenters.